The Hall–Kier alpha value is -3.98. The minimum absolute atomic E-state index is 0.0243. The Bertz CT molecular complexity index is 1350. The van der Waals surface area contributed by atoms with Crippen LogP contribution in [0.1, 0.15) is 16.7 Å². The Morgan fingerprint density at radius 2 is 0.946 bits per heavy atom. The topological polar surface area (TPSA) is 70.5 Å². The van der Waals surface area contributed by atoms with Crippen molar-refractivity contribution in [1.29, 1.82) is 0 Å². The molecule has 200 valence electrons. The van der Waals surface area contributed by atoms with Crippen molar-refractivity contribution in [1.82, 2.24) is 0 Å². The van der Waals surface area contributed by atoms with Crippen molar-refractivity contribution in [2.75, 3.05) is 11.5 Å². The molecule has 3 aromatic rings. The van der Waals surface area contributed by atoms with Crippen molar-refractivity contribution in [3.63, 3.8) is 0 Å². The Labute approximate surface area is 198 Å². The summed E-state index contributed by atoms with van der Waals surface area (Å²) in [5.41, 5.74) is 2.69. The molecule has 0 heterocycles. The van der Waals surface area contributed by atoms with Gasteiger partial charge in [-0.25, -0.2) is 8.78 Å². The van der Waals surface area contributed by atoms with Crippen LogP contribution >= 0.6 is 0 Å². The van der Waals surface area contributed by atoms with Crippen LogP contribution in [-0.4, -0.2) is 0 Å². The lowest BCUT2D eigenvalue weighted by molar-refractivity contribution is -0.139. The zero-order valence-corrected chi connectivity index (χ0v) is 17.5. The SMILES string of the molecule is Nc1cc(C(F)(F)F)cc(Oc2ccc(C(F)(F)F)c(Oc3cc(C(F)(F)F)cc(N)c3F)c2F)c1F. The number of benzene rings is 3. The molecule has 0 radical (unpaired) electrons. The van der Waals surface area contributed by atoms with E-state index in [2.05, 4.69) is 9.47 Å². The minimum atomic E-state index is -5.44. The van der Waals surface area contributed by atoms with E-state index in [0.717, 1.165) is 0 Å². The zero-order valence-electron chi connectivity index (χ0n) is 17.5. The molecule has 4 nitrogen and oxygen atoms in total. The van der Waals surface area contributed by atoms with Gasteiger partial charge in [-0.15, -0.1) is 0 Å². The smallest absolute Gasteiger partial charge is 0.420 e. The molecule has 0 spiro atoms. The first kappa shape index (κ1) is 27.6. The maximum atomic E-state index is 15.1. The maximum Gasteiger partial charge on any atom is 0.420 e. The van der Waals surface area contributed by atoms with Crippen molar-refractivity contribution >= 4 is 11.4 Å². The molecule has 4 N–H and O–H groups in total. The Morgan fingerprint density at radius 1 is 0.514 bits per heavy atom. The quantitative estimate of drug-likeness (QED) is 0.256. The van der Waals surface area contributed by atoms with Crippen molar-refractivity contribution in [3.05, 3.63) is 70.5 Å². The normalized spacial score (nSPS) is 12.5. The highest BCUT2D eigenvalue weighted by molar-refractivity contribution is 5.55. The molecule has 0 aliphatic carbocycles. The molecule has 0 aliphatic heterocycles. The van der Waals surface area contributed by atoms with Crippen LogP contribution in [-0.2, 0) is 18.5 Å². The van der Waals surface area contributed by atoms with Crippen LogP contribution in [0.4, 0.5) is 64.1 Å². The molecule has 3 rings (SSSR count). The van der Waals surface area contributed by atoms with Gasteiger partial charge in [0.1, 0.15) is 5.56 Å². The Balaban J connectivity index is 2.18. The molecule has 0 bridgehead atoms. The Morgan fingerprint density at radius 3 is 1.35 bits per heavy atom. The van der Waals surface area contributed by atoms with E-state index in [0.29, 0.717) is 0 Å². The third-order valence-corrected chi connectivity index (χ3v) is 4.59. The average molecular weight is 550 g/mol. The van der Waals surface area contributed by atoms with Crippen LogP contribution in [0.2, 0.25) is 0 Å². The summed E-state index contributed by atoms with van der Waals surface area (Å²) in [7, 11) is 0. The first-order chi connectivity index (χ1) is 16.8. The summed E-state index contributed by atoms with van der Waals surface area (Å²) in [4.78, 5) is 0. The number of nitrogens with two attached hydrogens (primary N) is 2. The number of nitrogen functional groups attached to an aromatic ring is 2. The average Bonchev–Trinajstić information content (AvgIpc) is 2.74. The van der Waals surface area contributed by atoms with Crippen LogP contribution in [0.5, 0.6) is 23.0 Å². The molecule has 37 heavy (non-hydrogen) atoms. The maximum absolute atomic E-state index is 15.1. The van der Waals surface area contributed by atoms with Crippen LogP contribution in [0.15, 0.2) is 36.4 Å². The Kier molecular flexibility index (Phi) is 6.83. The summed E-state index contributed by atoms with van der Waals surface area (Å²) >= 11 is 0. The van der Waals surface area contributed by atoms with E-state index in [1.807, 2.05) is 0 Å². The molecule has 0 saturated heterocycles. The number of hydrogen-bond donors (Lipinski definition) is 2. The van der Waals surface area contributed by atoms with Crippen molar-refractivity contribution in [2.45, 2.75) is 18.5 Å². The number of hydrogen-bond acceptors (Lipinski definition) is 4. The number of rotatable bonds is 4. The van der Waals surface area contributed by atoms with Gasteiger partial charge in [0.05, 0.1) is 22.5 Å². The third kappa shape index (κ3) is 5.72. The van der Waals surface area contributed by atoms with Crippen molar-refractivity contribution < 1.29 is 62.2 Å². The highest BCUT2D eigenvalue weighted by atomic mass is 19.4. The first-order valence-corrected chi connectivity index (χ1v) is 9.38. The number of anilines is 2. The summed E-state index contributed by atoms with van der Waals surface area (Å²) in [6.07, 6.45) is -15.7. The van der Waals surface area contributed by atoms with E-state index in [1.54, 1.807) is 0 Å². The second-order valence-electron chi connectivity index (χ2n) is 7.21. The molecular formula is C21H10F12N2O2. The van der Waals surface area contributed by atoms with Gasteiger partial charge in [0, 0.05) is 0 Å². The number of alkyl halides is 9. The molecule has 0 aromatic heterocycles. The monoisotopic (exact) mass is 550 g/mol. The van der Waals surface area contributed by atoms with Crippen LogP contribution < -0.4 is 20.9 Å². The van der Waals surface area contributed by atoms with E-state index in [4.69, 9.17) is 11.5 Å². The molecule has 0 amide bonds. The predicted molar refractivity (Wildman–Crippen MR) is 103 cm³/mol. The second-order valence-corrected chi connectivity index (χ2v) is 7.21. The van der Waals surface area contributed by atoms with Gasteiger partial charge in [0.2, 0.25) is 5.82 Å². The molecule has 0 unspecified atom stereocenters. The lowest BCUT2D eigenvalue weighted by Gasteiger charge is -2.19. The van der Waals surface area contributed by atoms with Gasteiger partial charge < -0.3 is 20.9 Å². The highest BCUT2D eigenvalue weighted by Crippen LogP contribution is 2.46. The molecule has 0 saturated carbocycles. The lowest BCUT2D eigenvalue weighted by atomic mass is 10.1. The van der Waals surface area contributed by atoms with Crippen LogP contribution in [0, 0.1) is 17.5 Å². The van der Waals surface area contributed by atoms with Gasteiger partial charge >= 0.3 is 18.5 Å². The van der Waals surface area contributed by atoms with E-state index < -0.39 is 87.0 Å². The molecule has 0 aliphatic rings. The van der Waals surface area contributed by atoms with Gasteiger partial charge in [-0.1, -0.05) is 0 Å². The fourth-order valence-electron chi connectivity index (χ4n) is 2.88. The largest absolute Gasteiger partial charge is 0.451 e. The van der Waals surface area contributed by atoms with Crippen LogP contribution in [0.25, 0.3) is 0 Å². The second kappa shape index (κ2) is 9.15. The fourth-order valence-corrected chi connectivity index (χ4v) is 2.88. The van der Waals surface area contributed by atoms with Crippen molar-refractivity contribution in [3.8, 4) is 23.0 Å². The number of ether oxygens (including phenoxy) is 2. The third-order valence-electron chi connectivity index (χ3n) is 4.59. The lowest BCUT2D eigenvalue weighted by Crippen LogP contribution is -2.11. The van der Waals surface area contributed by atoms with E-state index in [9.17, 15) is 48.3 Å². The van der Waals surface area contributed by atoms with Gasteiger partial charge in [-0.3, -0.25) is 0 Å². The fraction of sp³-hybridized carbons (Fsp3) is 0.143. The molecule has 0 fully saturated rings. The van der Waals surface area contributed by atoms with E-state index >= 15 is 4.39 Å². The molecule has 3 aromatic carbocycles. The summed E-state index contributed by atoms with van der Waals surface area (Å²) in [5, 5.41) is 0. The first-order valence-electron chi connectivity index (χ1n) is 9.38. The van der Waals surface area contributed by atoms with E-state index in [1.165, 1.54) is 0 Å². The van der Waals surface area contributed by atoms with Gasteiger partial charge in [0.25, 0.3) is 0 Å². The number of halogens is 12. The molecular weight excluding hydrogens is 540 g/mol. The van der Waals surface area contributed by atoms with Gasteiger partial charge in [0.15, 0.2) is 34.6 Å². The molecule has 0 atom stereocenters. The van der Waals surface area contributed by atoms with Crippen molar-refractivity contribution in [2.24, 2.45) is 0 Å². The van der Waals surface area contributed by atoms with E-state index in [-0.39, 0.29) is 36.4 Å². The predicted octanol–water partition coefficient (Wildman–Crippen LogP) is 7.91. The zero-order chi connectivity index (χ0) is 28.1. The summed E-state index contributed by atoms with van der Waals surface area (Å²) in [6.45, 7) is 0. The van der Waals surface area contributed by atoms with Crippen LogP contribution in [0.3, 0.4) is 0 Å². The highest BCUT2D eigenvalue weighted by Gasteiger charge is 2.39. The van der Waals surface area contributed by atoms with Gasteiger partial charge in [-0.2, -0.15) is 43.9 Å². The summed E-state index contributed by atoms with van der Waals surface area (Å²) < 4.78 is 171. The minimum Gasteiger partial charge on any atom is -0.451 e. The molecule has 16 heteroatoms. The standard InChI is InChI=1S/C21H10F12N2O2/c22-15-10(34)3-7(19(25,26)27)5-13(15)36-12-2-1-9(21(31,32)33)18(17(12)24)37-14-6-8(20(28,29)30)4-11(35)16(14)23/h1-6H,34-35H2. The van der Waals surface area contributed by atoms with Gasteiger partial charge in [-0.05, 0) is 36.4 Å². The summed E-state index contributed by atoms with van der Waals surface area (Å²) in [6, 6.07) is 0.460. The summed E-state index contributed by atoms with van der Waals surface area (Å²) in [5.74, 6) is -11.9.